The molecule has 2 rings (SSSR count). The fourth-order valence-corrected chi connectivity index (χ4v) is 4.26. The Bertz CT molecular complexity index is 367. The summed E-state index contributed by atoms with van der Waals surface area (Å²) >= 11 is 0. The van der Waals surface area contributed by atoms with Crippen LogP contribution in [0.25, 0.3) is 0 Å². The molecule has 2 aliphatic rings. The molecule has 0 bridgehead atoms. The van der Waals surface area contributed by atoms with Crippen molar-refractivity contribution in [3.8, 4) is 6.07 Å². The molecule has 2 atom stereocenters. The number of nitrogens with zero attached hydrogens (tertiary/aromatic N) is 2. The van der Waals surface area contributed by atoms with Crippen molar-refractivity contribution in [2.24, 2.45) is 5.41 Å². The first kappa shape index (κ1) is 15.8. The maximum Gasteiger partial charge on any atom is 0.108 e. The molecule has 1 heterocycles. The predicted octanol–water partition coefficient (Wildman–Crippen LogP) is 3.31. The van der Waals surface area contributed by atoms with Gasteiger partial charge in [0.25, 0.3) is 0 Å². The minimum Gasteiger partial charge on any atom is -0.300 e. The molecule has 0 amide bonds. The van der Waals surface area contributed by atoms with Gasteiger partial charge in [0.15, 0.2) is 0 Å². The highest BCUT2D eigenvalue weighted by atomic mass is 15.2. The molecule has 1 saturated heterocycles. The van der Waals surface area contributed by atoms with Crippen LogP contribution in [0.2, 0.25) is 0 Å². The largest absolute Gasteiger partial charge is 0.300 e. The third-order valence-corrected chi connectivity index (χ3v) is 5.75. The summed E-state index contributed by atoms with van der Waals surface area (Å²) in [7, 11) is 0. The van der Waals surface area contributed by atoms with Crippen molar-refractivity contribution in [3.05, 3.63) is 0 Å². The average Bonchev–Trinajstić information content (AvgIpc) is 3.03. The molecule has 2 fully saturated rings. The van der Waals surface area contributed by atoms with Crippen molar-refractivity contribution < 1.29 is 0 Å². The normalized spacial score (nSPS) is 33.7. The van der Waals surface area contributed by atoms with Crippen LogP contribution in [0.15, 0.2) is 0 Å². The lowest BCUT2D eigenvalue weighted by Crippen LogP contribution is -2.47. The van der Waals surface area contributed by atoms with Crippen molar-refractivity contribution in [2.45, 2.75) is 83.8 Å². The summed E-state index contributed by atoms with van der Waals surface area (Å²) in [6.45, 7) is 11.4. The first-order valence-corrected chi connectivity index (χ1v) is 8.41. The third kappa shape index (κ3) is 3.02. The summed E-state index contributed by atoms with van der Waals surface area (Å²) in [5, 5.41) is 13.1. The zero-order valence-electron chi connectivity index (χ0n) is 13.7. The Morgan fingerprint density at radius 3 is 2.50 bits per heavy atom. The third-order valence-electron chi connectivity index (χ3n) is 5.75. The van der Waals surface area contributed by atoms with Gasteiger partial charge in [-0.2, -0.15) is 5.26 Å². The van der Waals surface area contributed by atoms with Crippen molar-refractivity contribution in [1.29, 1.82) is 5.26 Å². The van der Waals surface area contributed by atoms with Crippen LogP contribution in [-0.2, 0) is 0 Å². The standard InChI is InChI=1S/C17H31N3/c1-5-16(6-2)9-10-20(13-16)15-7-8-17(11-15,12-18)19-14(3)4/h14-15,19H,5-11,13H2,1-4H3. The first-order valence-electron chi connectivity index (χ1n) is 8.41. The van der Waals surface area contributed by atoms with E-state index in [0.29, 0.717) is 17.5 Å². The molecule has 1 aliphatic carbocycles. The minimum absolute atomic E-state index is 0.275. The van der Waals surface area contributed by atoms with E-state index in [1.807, 2.05) is 0 Å². The highest BCUT2D eigenvalue weighted by Gasteiger charge is 2.45. The molecule has 0 aromatic heterocycles. The van der Waals surface area contributed by atoms with Gasteiger partial charge >= 0.3 is 0 Å². The van der Waals surface area contributed by atoms with Crippen LogP contribution in [0.5, 0.6) is 0 Å². The summed E-state index contributed by atoms with van der Waals surface area (Å²) in [6.07, 6.45) is 7.12. The number of rotatable bonds is 5. The number of hydrogen-bond donors (Lipinski definition) is 1. The zero-order chi connectivity index (χ0) is 14.8. The molecule has 0 aromatic rings. The van der Waals surface area contributed by atoms with E-state index in [0.717, 1.165) is 12.8 Å². The first-order chi connectivity index (χ1) is 9.48. The molecular formula is C17H31N3. The Hall–Kier alpha value is -0.590. The van der Waals surface area contributed by atoms with E-state index in [1.165, 1.54) is 38.8 Å². The average molecular weight is 277 g/mol. The minimum atomic E-state index is -0.275. The molecule has 3 heteroatoms. The van der Waals surface area contributed by atoms with Gasteiger partial charge in [-0.15, -0.1) is 0 Å². The maximum absolute atomic E-state index is 9.59. The van der Waals surface area contributed by atoms with Gasteiger partial charge in [-0.25, -0.2) is 0 Å². The van der Waals surface area contributed by atoms with Crippen LogP contribution in [0.3, 0.4) is 0 Å². The molecule has 0 aromatic carbocycles. The van der Waals surface area contributed by atoms with Gasteiger partial charge in [-0.3, -0.25) is 10.2 Å². The van der Waals surface area contributed by atoms with Gasteiger partial charge in [0.05, 0.1) is 6.07 Å². The van der Waals surface area contributed by atoms with Crippen molar-refractivity contribution in [2.75, 3.05) is 13.1 Å². The number of hydrogen-bond acceptors (Lipinski definition) is 3. The molecule has 0 radical (unpaired) electrons. The second kappa shape index (κ2) is 6.03. The molecule has 1 aliphatic heterocycles. The SMILES string of the molecule is CCC1(CC)CCN(C2CCC(C#N)(NC(C)C)C2)C1. The van der Waals surface area contributed by atoms with Gasteiger partial charge in [0.2, 0.25) is 0 Å². The van der Waals surface area contributed by atoms with E-state index in [1.54, 1.807) is 0 Å². The molecule has 1 N–H and O–H groups in total. The highest BCUT2D eigenvalue weighted by molar-refractivity contribution is 5.14. The molecule has 114 valence electrons. The van der Waals surface area contributed by atoms with Crippen LogP contribution in [0.4, 0.5) is 0 Å². The van der Waals surface area contributed by atoms with E-state index in [-0.39, 0.29) is 5.54 Å². The fourth-order valence-electron chi connectivity index (χ4n) is 4.26. The molecule has 2 unspecified atom stereocenters. The van der Waals surface area contributed by atoms with E-state index in [2.05, 4.69) is 44.0 Å². The highest BCUT2D eigenvalue weighted by Crippen LogP contribution is 2.42. The van der Waals surface area contributed by atoms with Crippen LogP contribution in [0, 0.1) is 16.7 Å². The van der Waals surface area contributed by atoms with E-state index in [4.69, 9.17) is 0 Å². The maximum atomic E-state index is 9.59. The summed E-state index contributed by atoms with van der Waals surface area (Å²) in [6, 6.07) is 3.57. The van der Waals surface area contributed by atoms with Crippen LogP contribution >= 0.6 is 0 Å². The lowest BCUT2D eigenvalue weighted by atomic mass is 9.82. The Morgan fingerprint density at radius 2 is 2.00 bits per heavy atom. The van der Waals surface area contributed by atoms with Crippen molar-refractivity contribution in [3.63, 3.8) is 0 Å². The van der Waals surface area contributed by atoms with Crippen molar-refractivity contribution in [1.82, 2.24) is 10.2 Å². The second-order valence-electron chi connectivity index (χ2n) is 7.32. The summed E-state index contributed by atoms with van der Waals surface area (Å²) in [5.41, 5.74) is 0.270. The summed E-state index contributed by atoms with van der Waals surface area (Å²) in [5.74, 6) is 0. The quantitative estimate of drug-likeness (QED) is 0.838. The second-order valence-corrected chi connectivity index (χ2v) is 7.32. The van der Waals surface area contributed by atoms with Gasteiger partial charge in [0.1, 0.15) is 5.54 Å². The number of likely N-dealkylation sites (tertiary alicyclic amines) is 1. The summed E-state index contributed by atoms with van der Waals surface area (Å²) in [4.78, 5) is 2.67. The molecule has 3 nitrogen and oxygen atoms in total. The van der Waals surface area contributed by atoms with Crippen LogP contribution in [-0.4, -0.2) is 35.6 Å². The van der Waals surface area contributed by atoms with E-state index < -0.39 is 0 Å². The zero-order valence-corrected chi connectivity index (χ0v) is 13.7. The Morgan fingerprint density at radius 1 is 1.30 bits per heavy atom. The fraction of sp³-hybridized carbons (Fsp3) is 0.941. The van der Waals surface area contributed by atoms with Gasteiger partial charge in [-0.1, -0.05) is 13.8 Å². The molecule has 20 heavy (non-hydrogen) atoms. The Balaban J connectivity index is 1.98. The molecular weight excluding hydrogens is 246 g/mol. The topological polar surface area (TPSA) is 39.1 Å². The van der Waals surface area contributed by atoms with E-state index >= 15 is 0 Å². The number of nitrogens with one attached hydrogen (secondary N) is 1. The van der Waals surface area contributed by atoms with Gasteiger partial charge < -0.3 is 0 Å². The lowest BCUT2D eigenvalue weighted by Gasteiger charge is -2.31. The lowest BCUT2D eigenvalue weighted by molar-refractivity contribution is 0.190. The van der Waals surface area contributed by atoms with E-state index in [9.17, 15) is 5.26 Å². The predicted molar refractivity (Wildman–Crippen MR) is 83.5 cm³/mol. The van der Waals surface area contributed by atoms with Gasteiger partial charge in [-0.05, 0) is 64.3 Å². The Labute approximate surface area is 124 Å². The smallest absolute Gasteiger partial charge is 0.108 e. The van der Waals surface area contributed by atoms with Gasteiger partial charge in [0, 0.05) is 18.6 Å². The van der Waals surface area contributed by atoms with Crippen molar-refractivity contribution >= 4 is 0 Å². The molecule has 0 spiro atoms. The summed E-state index contributed by atoms with van der Waals surface area (Å²) < 4.78 is 0. The Kier molecular flexibility index (Phi) is 4.76. The number of nitriles is 1. The molecule has 1 saturated carbocycles. The van der Waals surface area contributed by atoms with Crippen LogP contribution < -0.4 is 5.32 Å². The van der Waals surface area contributed by atoms with Crippen LogP contribution in [0.1, 0.15) is 66.2 Å². The monoisotopic (exact) mass is 277 g/mol.